The lowest BCUT2D eigenvalue weighted by Gasteiger charge is -2.33. The summed E-state index contributed by atoms with van der Waals surface area (Å²) in [5.74, 6) is -0.489. The summed E-state index contributed by atoms with van der Waals surface area (Å²) in [5, 5.41) is 0.700. The van der Waals surface area contributed by atoms with Crippen LogP contribution in [-0.4, -0.2) is 48.3 Å². The van der Waals surface area contributed by atoms with E-state index in [1.54, 1.807) is 4.90 Å². The van der Waals surface area contributed by atoms with Crippen molar-refractivity contribution < 1.29 is 9.59 Å². The van der Waals surface area contributed by atoms with Gasteiger partial charge in [0.25, 0.3) is 0 Å². The largest absolute Gasteiger partial charge is 0.369 e. The van der Waals surface area contributed by atoms with Crippen molar-refractivity contribution in [1.29, 1.82) is 0 Å². The smallest absolute Gasteiger partial charge is 0.236 e. The maximum atomic E-state index is 12.5. The van der Waals surface area contributed by atoms with E-state index in [2.05, 4.69) is 6.92 Å². The van der Waals surface area contributed by atoms with Crippen molar-refractivity contribution in [3.8, 4) is 0 Å². The Hall–Kier alpha value is -1.59. The molecule has 2 rings (SSSR count). The van der Waals surface area contributed by atoms with Crippen LogP contribution >= 0.6 is 11.6 Å². The number of nitrogens with two attached hydrogens (primary N) is 1. The first-order valence-corrected chi connectivity index (χ1v) is 8.29. The minimum atomic E-state index is -0.314. The van der Waals surface area contributed by atoms with Crippen LogP contribution in [0.4, 0.5) is 0 Å². The Morgan fingerprint density at radius 1 is 1.39 bits per heavy atom. The van der Waals surface area contributed by atoms with Gasteiger partial charge in [0.2, 0.25) is 11.8 Å². The zero-order chi connectivity index (χ0) is 17.0. The second-order valence-corrected chi connectivity index (χ2v) is 6.66. The van der Waals surface area contributed by atoms with Crippen LogP contribution in [0.5, 0.6) is 0 Å². The van der Waals surface area contributed by atoms with Gasteiger partial charge in [0, 0.05) is 24.2 Å². The van der Waals surface area contributed by atoms with Gasteiger partial charge in [-0.15, -0.1) is 0 Å². The molecule has 1 fully saturated rings. The minimum absolute atomic E-state index is 0.0410. The predicted molar refractivity (Wildman–Crippen MR) is 91.0 cm³/mol. The van der Waals surface area contributed by atoms with Crippen molar-refractivity contribution in [2.75, 3.05) is 26.7 Å². The van der Waals surface area contributed by atoms with Crippen LogP contribution in [0.3, 0.4) is 0 Å². The van der Waals surface area contributed by atoms with Gasteiger partial charge in [-0.25, -0.2) is 0 Å². The predicted octanol–water partition coefficient (Wildman–Crippen LogP) is 2.06. The Morgan fingerprint density at radius 3 is 2.65 bits per heavy atom. The molecule has 0 aromatic heterocycles. The first-order valence-electron chi connectivity index (χ1n) is 7.91. The molecule has 2 atom stereocenters. The highest BCUT2D eigenvalue weighted by molar-refractivity contribution is 6.30. The monoisotopic (exact) mass is 337 g/mol. The molecule has 1 saturated heterocycles. The van der Waals surface area contributed by atoms with E-state index < -0.39 is 0 Å². The number of carbonyl (C=O) groups is 2. The van der Waals surface area contributed by atoms with Gasteiger partial charge >= 0.3 is 0 Å². The van der Waals surface area contributed by atoms with Gasteiger partial charge in [-0.3, -0.25) is 14.5 Å². The number of halogens is 1. The first kappa shape index (κ1) is 17.8. The van der Waals surface area contributed by atoms with E-state index in [9.17, 15) is 9.59 Å². The molecule has 5 nitrogen and oxygen atoms in total. The fourth-order valence-corrected chi connectivity index (χ4v) is 3.01. The summed E-state index contributed by atoms with van der Waals surface area (Å²) in [4.78, 5) is 27.6. The topological polar surface area (TPSA) is 66.6 Å². The zero-order valence-electron chi connectivity index (χ0n) is 13.7. The van der Waals surface area contributed by atoms with Crippen LogP contribution in [0.25, 0.3) is 0 Å². The lowest BCUT2D eigenvalue weighted by Crippen LogP contribution is -2.47. The summed E-state index contributed by atoms with van der Waals surface area (Å²) < 4.78 is 0. The van der Waals surface area contributed by atoms with Crippen molar-refractivity contribution >= 4 is 23.4 Å². The normalized spacial score (nSPS) is 19.7. The second-order valence-electron chi connectivity index (χ2n) is 6.22. The molecule has 1 aliphatic heterocycles. The molecule has 0 radical (unpaired) electrons. The molecule has 126 valence electrons. The molecule has 0 bridgehead atoms. The first-order chi connectivity index (χ1) is 10.9. The molecule has 0 saturated carbocycles. The molecule has 2 amide bonds. The van der Waals surface area contributed by atoms with Gasteiger partial charge in [-0.2, -0.15) is 0 Å². The van der Waals surface area contributed by atoms with Crippen LogP contribution in [0.15, 0.2) is 24.3 Å². The summed E-state index contributed by atoms with van der Waals surface area (Å²) in [6, 6.07) is 7.75. The number of piperidine rings is 1. The van der Waals surface area contributed by atoms with Crippen LogP contribution in [-0.2, 0) is 9.59 Å². The number of likely N-dealkylation sites (N-methyl/N-ethyl adjacent to an activating group) is 1. The Morgan fingerprint density at radius 2 is 2.04 bits per heavy atom. The molecule has 23 heavy (non-hydrogen) atoms. The van der Waals surface area contributed by atoms with Gasteiger partial charge in [0.15, 0.2) is 0 Å². The van der Waals surface area contributed by atoms with Crippen molar-refractivity contribution in [2.24, 2.45) is 11.7 Å². The summed E-state index contributed by atoms with van der Waals surface area (Å²) in [6.45, 7) is 3.51. The number of primary amides is 1. The molecule has 1 aromatic rings. The molecule has 6 heteroatoms. The highest BCUT2D eigenvalue weighted by Gasteiger charge is 2.28. The van der Waals surface area contributed by atoms with Crippen molar-refractivity contribution in [3.05, 3.63) is 34.9 Å². The quantitative estimate of drug-likeness (QED) is 0.894. The summed E-state index contributed by atoms with van der Waals surface area (Å²) in [7, 11) is 1.92. The van der Waals surface area contributed by atoms with Gasteiger partial charge in [0.05, 0.1) is 12.5 Å². The zero-order valence-corrected chi connectivity index (χ0v) is 14.4. The van der Waals surface area contributed by atoms with Gasteiger partial charge in [-0.05, 0) is 44.5 Å². The molecular weight excluding hydrogens is 314 g/mol. The Balaban J connectivity index is 1.93. The maximum absolute atomic E-state index is 12.5. The molecular formula is C17H24ClN3O2. The molecule has 1 heterocycles. The van der Waals surface area contributed by atoms with Crippen molar-refractivity contribution in [3.63, 3.8) is 0 Å². The van der Waals surface area contributed by atoms with E-state index in [-0.39, 0.29) is 23.8 Å². The van der Waals surface area contributed by atoms with Crippen molar-refractivity contribution in [2.45, 2.75) is 25.8 Å². The Labute approximate surface area is 142 Å². The van der Waals surface area contributed by atoms with E-state index in [0.717, 1.165) is 18.4 Å². The van der Waals surface area contributed by atoms with Crippen molar-refractivity contribution in [1.82, 2.24) is 9.80 Å². The number of rotatable bonds is 5. The standard InChI is InChI=1S/C17H24ClN3O2/c1-12(13-5-7-15(18)8-6-13)20(2)11-16(22)21-9-3-4-14(10-21)17(19)23/h5-8,12,14H,3-4,9-11H2,1-2H3,(H2,19,23). The third-order valence-corrected chi connectivity index (χ3v) is 4.83. The maximum Gasteiger partial charge on any atom is 0.236 e. The third kappa shape index (κ3) is 4.69. The number of hydrogen-bond acceptors (Lipinski definition) is 3. The third-order valence-electron chi connectivity index (χ3n) is 4.57. The average molecular weight is 338 g/mol. The minimum Gasteiger partial charge on any atom is -0.369 e. The highest BCUT2D eigenvalue weighted by Crippen LogP contribution is 2.21. The SMILES string of the molecule is CC(c1ccc(Cl)cc1)N(C)CC(=O)N1CCCC(C(N)=O)C1. The van der Waals surface area contributed by atoms with E-state index in [4.69, 9.17) is 17.3 Å². The summed E-state index contributed by atoms with van der Waals surface area (Å²) in [5.41, 5.74) is 6.48. The lowest BCUT2D eigenvalue weighted by atomic mass is 9.97. The Bertz CT molecular complexity index is 561. The molecule has 0 spiro atoms. The molecule has 2 N–H and O–H groups in total. The highest BCUT2D eigenvalue weighted by atomic mass is 35.5. The van der Waals surface area contributed by atoms with Crippen LogP contribution in [0.1, 0.15) is 31.4 Å². The fourth-order valence-electron chi connectivity index (χ4n) is 2.88. The summed E-state index contributed by atoms with van der Waals surface area (Å²) in [6.07, 6.45) is 1.60. The van der Waals surface area contributed by atoms with Gasteiger partial charge in [0.1, 0.15) is 0 Å². The number of amides is 2. The molecule has 1 aliphatic rings. The number of hydrogen-bond donors (Lipinski definition) is 1. The van der Waals surface area contributed by atoms with Crippen LogP contribution in [0.2, 0.25) is 5.02 Å². The lowest BCUT2D eigenvalue weighted by molar-refractivity contribution is -0.136. The van der Waals surface area contributed by atoms with E-state index in [0.29, 0.717) is 24.7 Å². The number of likely N-dealkylation sites (tertiary alicyclic amines) is 1. The number of nitrogens with zero attached hydrogens (tertiary/aromatic N) is 2. The second kappa shape index (κ2) is 7.79. The number of benzene rings is 1. The van der Waals surface area contributed by atoms with Crippen LogP contribution < -0.4 is 5.73 Å². The number of carbonyl (C=O) groups excluding carboxylic acids is 2. The molecule has 2 unspecified atom stereocenters. The fraction of sp³-hybridized carbons (Fsp3) is 0.529. The van der Waals surface area contributed by atoms with Crippen LogP contribution in [0, 0.1) is 5.92 Å². The van der Waals surface area contributed by atoms with E-state index >= 15 is 0 Å². The van der Waals surface area contributed by atoms with E-state index in [1.807, 2.05) is 36.2 Å². The molecule has 0 aliphatic carbocycles. The van der Waals surface area contributed by atoms with Gasteiger partial charge in [-0.1, -0.05) is 23.7 Å². The van der Waals surface area contributed by atoms with Gasteiger partial charge < -0.3 is 10.6 Å². The average Bonchev–Trinajstić information content (AvgIpc) is 2.54. The molecule has 1 aromatic carbocycles. The summed E-state index contributed by atoms with van der Waals surface area (Å²) >= 11 is 5.91. The van der Waals surface area contributed by atoms with E-state index in [1.165, 1.54) is 0 Å². The Kier molecular flexibility index (Phi) is 6.02.